The number of hydrogen-bond donors (Lipinski definition) is 1. The van der Waals surface area contributed by atoms with Crippen molar-refractivity contribution in [2.45, 2.75) is 23.5 Å². The van der Waals surface area contributed by atoms with Crippen molar-refractivity contribution in [3.8, 4) is 5.75 Å². The minimum absolute atomic E-state index is 0.194. The Balaban J connectivity index is 1.82. The zero-order chi connectivity index (χ0) is 19.4. The molecule has 146 valence electrons. The van der Waals surface area contributed by atoms with Crippen LogP contribution in [-0.4, -0.2) is 73.0 Å². The molecule has 1 amide bonds. The Morgan fingerprint density at radius 1 is 1.30 bits per heavy atom. The van der Waals surface area contributed by atoms with E-state index < -0.39 is 0 Å². The number of hydrogen-bond acceptors (Lipinski definition) is 7. The number of likely N-dealkylation sites (N-methyl/N-ethyl adjacent to an activating group) is 1. The predicted molar refractivity (Wildman–Crippen MR) is 106 cm³/mol. The van der Waals surface area contributed by atoms with Gasteiger partial charge in [0.1, 0.15) is 15.8 Å². The van der Waals surface area contributed by atoms with E-state index in [1.807, 2.05) is 19.2 Å². The van der Waals surface area contributed by atoms with Crippen LogP contribution in [0.15, 0.2) is 28.4 Å². The van der Waals surface area contributed by atoms with Gasteiger partial charge in [-0.3, -0.25) is 9.48 Å². The maximum absolute atomic E-state index is 11.8. The van der Waals surface area contributed by atoms with Gasteiger partial charge in [0, 0.05) is 51.9 Å². The number of pyridine rings is 1. The molecule has 0 bridgehead atoms. The van der Waals surface area contributed by atoms with E-state index in [0.29, 0.717) is 12.2 Å². The van der Waals surface area contributed by atoms with Gasteiger partial charge < -0.3 is 19.9 Å². The van der Waals surface area contributed by atoms with E-state index in [1.54, 1.807) is 24.9 Å². The van der Waals surface area contributed by atoms with Crippen LogP contribution in [0.2, 0.25) is 0 Å². The molecule has 1 N–H and O–H groups in total. The number of amides is 1. The third kappa shape index (κ3) is 4.36. The number of nitrogens with one attached hydrogen (secondary N) is 1. The third-order valence-corrected chi connectivity index (χ3v) is 5.57. The van der Waals surface area contributed by atoms with Crippen LogP contribution in [0.4, 0.5) is 5.69 Å². The fourth-order valence-corrected chi connectivity index (χ4v) is 3.90. The molecule has 0 radical (unpaired) electrons. The first-order chi connectivity index (χ1) is 13.0. The largest absolute Gasteiger partial charge is 0.494 e. The molecule has 1 saturated heterocycles. The van der Waals surface area contributed by atoms with E-state index in [4.69, 9.17) is 4.74 Å². The van der Waals surface area contributed by atoms with Crippen LogP contribution in [0.1, 0.15) is 17.4 Å². The lowest BCUT2D eigenvalue weighted by Crippen LogP contribution is -2.44. The van der Waals surface area contributed by atoms with E-state index in [9.17, 15) is 4.79 Å². The number of carbonyl (C=O) groups is 1. The summed E-state index contributed by atoms with van der Waals surface area (Å²) in [4.78, 5) is 21.1. The molecule has 8 nitrogen and oxygen atoms in total. The van der Waals surface area contributed by atoms with Crippen LogP contribution in [0.25, 0.3) is 0 Å². The molecule has 1 aliphatic rings. The summed E-state index contributed by atoms with van der Waals surface area (Å²) in [5.41, 5.74) is 1.42. The molecular formula is C18H26N6O2S. The maximum atomic E-state index is 11.8. The van der Waals surface area contributed by atoms with Gasteiger partial charge in [0.15, 0.2) is 5.69 Å². The van der Waals surface area contributed by atoms with Crippen molar-refractivity contribution in [2.75, 3.05) is 52.3 Å². The van der Waals surface area contributed by atoms with E-state index in [1.165, 1.54) is 11.8 Å². The Hall–Kier alpha value is -2.26. The van der Waals surface area contributed by atoms with Crippen molar-refractivity contribution in [1.29, 1.82) is 0 Å². The molecule has 1 aliphatic heterocycles. The van der Waals surface area contributed by atoms with Crippen LogP contribution < -0.4 is 15.0 Å². The highest BCUT2D eigenvalue weighted by Crippen LogP contribution is 2.34. The van der Waals surface area contributed by atoms with Crippen molar-refractivity contribution >= 4 is 23.4 Å². The number of rotatable bonds is 6. The van der Waals surface area contributed by atoms with Gasteiger partial charge in [-0.05, 0) is 14.0 Å². The number of aryl methyl sites for hydroxylation is 1. The number of carbonyl (C=O) groups excluding carboxylic acids is 1. The van der Waals surface area contributed by atoms with Gasteiger partial charge in [0.05, 0.1) is 19.0 Å². The van der Waals surface area contributed by atoms with Gasteiger partial charge in [0.2, 0.25) is 0 Å². The lowest BCUT2D eigenvalue weighted by molar-refractivity contribution is 0.0957. The lowest BCUT2D eigenvalue weighted by atomic mass is 10.2. The number of anilines is 1. The van der Waals surface area contributed by atoms with Crippen molar-refractivity contribution in [3.63, 3.8) is 0 Å². The van der Waals surface area contributed by atoms with E-state index >= 15 is 0 Å². The van der Waals surface area contributed by atoms with Gasteiger partial charge in [-0.1, -0.05) is 11.8 Å². The molecule has 0 unspecified atom stereocenters. The van der Waals surface area contributed by atoms with Gasteiger partial charge in [-0.2, -0.15) is 5.10 Å². The Bertz CT molecular complexity index is 801. The summed E-state index contributed by atoms with van der Waals surface area (Å²) in [6.45, 7) is 6.64. The molecule has 0 aliphatic carbocycles. The molecule has 2 aromatic heterocycles. The number of nitrogens with zero attached hydrogens (tertiary/aromatic N) is 5. The summed E-state index contributed by atoms with van der Waals surface area (Å²) in [6, 6.07) is 3.74. The van der Waals surface area contributed by atoms with Gasteiger partial charge >= 0.3 is 0 Å². The fourth-order valence-electron chi connectivity index (χ4n) is 2.97. The molecule has 9 heteroatoms. The zero-order valence-electron chi connectivity index (χ0n) is 16.2. The molecule has 0 spiro atoms. The van der Waals surface area contributed by atoms with Crippen LogP contribution in [0.3, 0.4) is 0 Å². The van der Waals surface area contributed by atoms with Crippen molar-refractivity contribution in [3.05, 3.63) is 24.0 Å². The average molecular weight is 391 g/mol. The Labute approximate surface area is 163 Å². The Kier molecular flexibility index (Phi) is 6.22. The van der Waals surface area contributed by atoms with Crippen molar-refractivity contribution in [2.24, 2.45) is 0 Å². The van der Waals surface area contributed by atoms with Crippen LogP contribution in [0, 0.1) is 0 Å². The highest BCUT2D eigenvalue weighted by molar-refractivity contribution is 7.99. The average Bonchev–Trinajstić information content (AvgIpc) is 3.10. The molecule has 3 heterocycles. The number of ether oxygens (including phenoxy) is 1. The second-order valence-corrected chi connectivity index (χ2v) is 7.39. The van der Waals surface area contributed by atoms with Crippen molar-refractivity contribution in [1.82, 2.24) is 25.0 Å². The summed E-state index contributed by atoms with van der Waals surface area (Å²) in [5.74, 6) is 0.617. The number of methoxy groups -OCH3 is 1. The first kappa shape index (κ1) is 19.5. The van der Waals surface area contributed by atoms with Crippen LogP contribution in [-0.2, 0) is 6.54 Å². The minimum Gasteiger partial charge on any atom is -0.494 e. The van der Waals surface area contributed by atoms with E-state index in [-0.39, 0.29) is 5.91 Å². The second-order valence-electron chi connectivity index (χ2n) is 6.35. The summed E-state index contributed by atoms with van der Waals surface area (Å²) in [5, 5.41) is 8.64. The molecule has 2 aromatic rings. The van der Waals surface area contributed by atoms with E-state index in [0.717, 1.165) is 47.7 Å². The lowest BCUT2D eigenvalue weighted by Gasteiger charge is -2.34. The summed E-state index contributed by atoms with van der Waals surface area (Å²) < 4.78 is 7.43. The number of aromatic nitrogens is 3. The molecule has 0 aromatic carbocycles. The first-order valence-corrected chi connectivity index (χ1v) is 9.82. The molecule has 1 fully saturated rings. The SMILES string of the molecule is CCn1nc(C(=O)NC)cc1Sc1cc(OC)c(N2CCN(C)CC2)cn1. The van der Waals surface area contributed by atoms with Crippen LogP contribution >= 0.6 is 11.8 Å². The predicted octanol–water partition coefficient (Wildman–Crippen LogP) is 1.57. The molecule has 3 rings (SSSR count). The Morgan fingerprint density at radius 3 is 2.67 bits per heavy atom. The summed E-state index contributed by atoms with van der Waals surface area (Å²) in [6.07, 6.45) is 1.87. The monoisotopic (exact) mass is 390 g/mol. The van der Waals surface area contributed by atoms with Crippen molar-refractivity contribution < 1.29 is 9.53 Å². The molecule has 0 atom stereocenters. The van der Waals surface area contributed by atoms with Gasteiger partial charge in [-0.15, -0.1) is 0 Å². The number of piperazine rings is 1. The third-order valence-electron chi connectivity index (χ3n) is 4.60. The second kappa shape index (κ2) is 8.62. The van der Waals surface area contributed by atoms with Crippen LogP contribution in [0.5, 0.6) is 5.75 Å². The maximum Gasteiger partial charge on any atom is 0.271 e. The van der Waals surface area contributed by atoms with Gasteiger partial charge in [-0.25, -0.2) is 4.98 Å². The van der Waals surface area contributed by atoms with E-state index in [2.05, 4.69) is 32.2 Å². The molecular weight excluding hydrogens is 364 g/mol. The topological polar surface area (TPSA) is 75.5 Å². The van der Waals surface area contributed by atoms with Gasteiger partial charge in [0.25, 0.3) is 5.91 Å². The molecule has 0 saturated carbocycles. The highest BCUT2D eigenvalue weighted by atomic mass is 32.2. The summed E-state index contributed by atoms with van der Waals surface area (Å²) >= 11 is 1.48. The molecule has 27 heavy (non-hydrogen) atoms. The smallest absolute Gasteiger partial charge is 0.271 e. The standard InChI is InChI=1S/C18H26N6O2S/c1-5-24-17(10-13(21-24)18(25)19-2)27-16-11-15(26-4)14(12-20-16)23-8-6-22(3)7-9-23/h10-12H,5-9H2,1-4H3,(H,19,25). The highest BCUT2D eigenvalue weighted by Gasteiger charge is 2.20. The summed E-state index contributed by atoms with van der Waals surface area (Å²) in [7, 11) is 5.42. The first-order valence-electron chi connectivity index (χ1n) is 9.01. The normalized spacial score (nSPS) is 15.0. The fraction of sp³-hybridized carbons (Fsp3) is 0.500. The quantitative estimate of drug-likeness (QED) is 0.802. The Morgan fingerprint density at radius 2 is 2.04 bits per heavy atom. The zero-order valence-corrected chi connectivity index (χ0v) is 17.0. The minimum atomic E-state index is -0.194.